The van der Waals surface area contributed by atoms with E-state index < -0.39 is 0 Å². The minimum absolute atomic E-state index is 0. The summed E-state index contributed by atoms with van der Waals surface area (Å²) in [6, 6.07) is 5.50. The van der Waals surface area contributed by atoms with E-state index in [2.05, 4.69) is 10.2 Å². The number of piperidine rings is 1. The minimum atomic E-state index is -0.238. The van der Waals surface area contributed by atoms with Crippen LogP contribution in [0.25, 0.3) is 0 Å². The first-order valence-corrected chi connectivity index (χ1v) is 7.98. The molecule has 1 aliphatic heterocycles. The van der Waals surface area contributed by atoms with Crippen molar-refractivity contribution in [1.29, 1.82) is 0 Å². The SMILES string of the molecule is CC(N)C(C)C(=O)Nc1cc(Cl)ccc1N1CCCCC1.Cl.Cl. The van der Waals surface area contributed by atoms with Crippen molar-refractivity contribution in [2.24, 2.45) is 11.7 Å². The van der Waals surface area contributed by atoms with Crippen molar-refractivity contribution in [2.45, 2.75) is 39.2 Å². The topological polar surface area (TPSA) is 58.4 Å². The molecule has 0 aliphatic carbocycles. The summed E-state index contributed by atoms with van der Waals surface area (Å²) in [5, 5.41) is 3.61. The molecule has 1 aromatic carbocycles. The van der Waals surface area contributed by atoms with E-state index >= 15 is 0 Å². The van der Waals surface area contributed by atoms with Crippen LogP contribution < -0.4 is 16.0 Å². The highest BCUT2D eigenvalue weighted by Gasteiger charge is 2.20. The molecule has 23 heavy (non-hydrogen) atoms. The molecule has 1 aliphatic rings. The average molecular weight is 383 g/mol. The van der Waals surface area contributed by atoms with Crippen LogP contribution in [-0.4, -0.2) is 25.0 Å². The fraction of sp³-hybridized carbons (Fsp3) is 0.562. The Morgan fingerprint density at radius 1 is 1.22 bits per heavy atom. The van der Waals surface area contributed by atoms with Gasteiger partial charge in [0.15, 0.2) is 0 Å². The van der Waals surface area contributed by atoms with E-state index in [4.69, 9.17) is 17.3 Å². The highest BCUT2D eigenvalue weighted by atomic mass is 35.5. The molecule has 2 rings (SSSR count). The molecule has 0 aromatic heterocycles. The summed E-state index contributed by atoms with van der Waals surface area (Å²) in [5.74, 6) is -0.302. The number of carbonyl (C=O) groups excluding carboxylic acids is 1. The predicted molar refractivity (Wildman–Crippen MR) is 103 cm³/mol. The van der Waals surface area contributed by atoms with Crippen LogP contribution in [0.15, 0.2) is 18.2 Å². The quantitative estimate of drug-likeness (QED) is 0.824. The van der Waals surface area contributed by atoms with Gasteiger partial charge in [0.1, 0.15) is 0 Å². The van der Waals surface area contributed by atoms with Gasteiger partial charge in [-0.3, -0.25) is 4.79 Å². The maximum absolute atomic E-state index is 12.2. The van der Waals surface area contributed by atoms with Crippen molar-refractivity contribution in [1.82, 2.24) is 0 Å². The summed E-state index contributed by atoms with van der Waals surface area (Å²) >= 11 is 6.09. The van der Waals surface area contributed by atoms with Crippen molar-refractivity contribution >= 4 is 53.7 Å². The summed E-state index contributed by atoms with van der Waals surface area (Å²) in [6.07, 6.45) is 3.64. The molecule has 1 fully saturated rings. The van der Waals surface area contributed by atoms with Gasteiger partial charge < -0.3 is 16.0 Å². The summed E-state index contributed by atoms with van der Waals surface area (Å²) in [7, 11) is 0. The number of amides is 1. The smallest absolute Gasteiger partial charge is 0.228 e. The highest BCUT2D eigenvalue weighted by molar-refractivity contribution is 6.31. The number of hydrogen-bond acceptors (Lipinski definition) is 3. The second-order valence-corrected chi connectivity index (χ2v) is 6.28. The van der Waals surface area contributed by atoms with Gasteiger partial charge in [0.2, 0.25) is 5.91 Å². The first kappa shape index (κ1) is 22.3. The van der Waals surface area contributed by atoms with Crippen LogP contribution in [0.3, 0.4) is 0 Å². The zero-order valence-corrected chi connectivity index (χ0v) is 15.9. The Kier molecular flexibility index (Phi) is 9.94. The Bertz CT molecular complexity index is 505. The maximum Gasteiger partial charge on any atom is 0.228 e. The van der Waals surface area contributed by atoms with Gasteiger partial charge in [-0.2, -0.15) is 0 Å². The van der Waals surface area contributed by atoms with Gasteiger partial charge in [0.25, 0.3) is 0 Å². The van der Waals surface area contributed by atoms with E-state index in [-0.39, 0.29) is 42.7 Å². The molecule has 132 valence electrons. The summed E-state index contributed by atoms with van der Waals surface area (Å²) in [5.41, 5.74) is 7.63. The molecular weight excluding hydrogens is 357 g/mol. The minimum Gasteiger partial charge on any atom is -0.370 e. The third-order valence-electron chi connectivity index (χ3n) is 4.12. The van der Waals surface area contributed by atoms with Crippen molar-refractivity contribution in [3.63, 3.8) is 0 Å². The van der Waals surface area contributed by atoms with Crippen LogP contribution >= 0.6 is 36.4 Å². The molecule has 7 heteroatoms. The van der Waals surface area contributed by atoms with E-state index in [1.807, 2.05) is 32.0 Å². The fourth-order valence-electron chi connectivity index (χ4n) is 2.50. The van der Waals surface area contributed by atoms with Gasteiger partial charge in [-0.05, 0) is 44.4 Å². The Morgan fingerprint density at radius 3 is 2.39 bits per heavy atom. The van der Waals surface area contributed by atoms with Crippen molar-refractivity contribution in [3.8, 4) is 0 Å². The van der Waals surface area contributed by atoms with Crippen LogP contribution in [-0.2, 0) is 4.79 Å². The zero-order valence-electron chi connectivity index (χ0n) is 13.5. The van der Waals surface area contributed by atoms with Crippen molar-refractivity contribution < 1.29 is 4.79 Å². The maximum atomic E-state index is 12.2. The van der Waals surface area contributed by atoms with E-state index in [0.717, 1.165) is 24.5 Å². The molecule has 1 saturated heterocycles. The third-order valence-corrected chi connectivity index (χ3v) is 4.35. The number of nitrogens with one attached hydrogen (secondary N) is 1. The van der Waals surface area contributed by atoms with Crippen LogP contribution in [0.1, 0.15) is 33.1 Å². The molecule has 2 atom stereocenters. The summed E-state index contributed by atoms with van der Waals surface area (Å²) < 4.78 is 0. The molecule has 0 radical (unpaired) electrons. The van der Waals surface area contributed by atoms with Crippen LogP contribution in [0.2, 0.25) is 5.02 Å². The molecule has 1 amide bonds. The van der Waals surface area contributed by atoms with E-state index in [0.29, 0.717) is 5.02 Å². The average Bonchev–Trinajstić information content (AvgIpc) is 2.47. The molecule has 1 heterocycles. The summed E-state index contributed by atoms with van der Waals surface area (Å²) in [6.45, 7) is 5.72. The van der Waals surface area contributed by atoms with Crippen LogP contribution in [0, 0.1) is 5.92 Å². The highest BCUT2D eigenvalue weighted by Crippen LogP contribution is 2.31. The van der Waals surface area contributed by atoms with Gasteiger partial charge in [0, 0.05) is 24.2 Å². The predicted octanol–water partition coefficient (Wildman–Crippen LogP) is 4.10. The Hall–Kier alpha value is -0.680. The molecule has 3 N–H and O–H groups in total. The number of halogens is 3. The van der Waals surface area contributed by atoms with Gasteiger partial charge in [-0.1, -0.05) is 18.5 Å². The number of nitrogens with two attached hydrogens (primary N) is 1. The van der Waals surface area contributed by atoms with Gasteiger partial charge in [0.05, 0.1) is 17.3 Å². The Morgan fingerprint density at radius 2 is 1.83 bits per heavy atom. The van der Waals surface area contributed by atoms with Crippen LogP contribution in [0.5, 0.6) is 0 Å². The van der Waals surface area contributed by atoms with Gasteiger partial charge in [-0.25, -0.2) is 0 Å². The molecule has 1 aromatic rings. The van der Waals surface area contributed by atoms with Gasteiger partial charge in [-0.15, -0.1) is 24.8 Å². The molecule has 4 nitrogen and oxygen atoms in total. The number of anilines is 2. The number of rotatable bonds is 4. The second-order valence-electron chi connectivity index (χ2n) is 5.85. The third kappa shape index (κ3) is 6.03. The lowest BCUT2D eigenvalue weighted by Gasteiger charge is -2.31. The van der Waals surface area contributed by atoms with Crippen LogP contribution in [0.4, 0.5) is 11.4 Å². The number of hydrogen-bond donors (Lipinski definition) is 2. The lowest BCUT2D eigenvalue weighted by molar-refractivity contribution is -0.119. The van der Waals surface area contributed by atoms with Gasteiger partial charge >= 0.3 is 0 Å². The normalized spacial score (nSPS) is 16.6. The Balaban J connectivity index is 0.00000242. The largest absolute Gasteiger partial charge is 0.370 e. The fourth-order valence-corrected chi connectivity index (χ4v) is 2.68. The second kappa shape index (κ2) is 10.2. The molecule has 0 spiro atoms. The lowest BCUT2D eigenvalue weighted by Crippen LogP contribution is -2.35. The monoisotopic (exact) mass is 381 g/mol. The van der Waals surface area contributed by atoms with Crippen molar-refractivity contribution in [2.75, 3.05) is 23.3 Å². The first-order valence-electron chi connectivity index (χ1n) is 7.60. The lowest BCUT2D eigenvalue weighted by atomic mass is 10.0. The number of carbonyl (C=O) groups is 1. The summed E-state index contributed by atoms with van der Waals surface area (Å²) in [4.78, 5) is 14.6. The standard InChI is InChI=1S/C16H24ClN3O.2ClH/c1-11(12(2)18)16(21)19-14-10-13(17)6-7-15(14)20-8-4-3-5-9-20;;/h6-7,10-12H,3-5,8-9,18H2,1-2H3,(H,19,21);2*1H. The molecule has 0 bridgehead atoms. The molecule has 2 unspecified atom stereocenters. The number of benzene rings is 1. The van der Waals surface area contributed by atoms with E-state index in [9.17, 15) is 4.79 Å². The van der Waals surface area contributed by atoms with E-state index in [1.165, 1.54) is 19.3 Å². The molecule has 0 saturated carbocycles. The van der Waals surface area contributed by atoms with Crippen molar-refractivity contribution in [3.05, 3.63) is 23.2 Å². The molecular formula is C16H26Cl3N3O. The van der Waals surface area contributed by atoms with E-state index in [1.54, 1.807) is 0 Å². The number of nitrogens with zero attached hydrogens (tertiary/aromatic N) is 1. The zero-order chi connectivity index (χ0) is 15.4. The Labute approximate surface area is 155 Å². The first-order chi connectivity index (χ1) is 9.99.